The van der Waals surface area contributed by atoms with Crippen molar-refractivity contribution in [3.8, 4) is 0 Å². The summed E-state index contributed by atoms with van der Waals surface area (Å²) in [5.74, 6) is 0.0771. The fraction of sp³-hybridized carbons (Fsp3) is 0.462. The Labute approximate surface area is 110 Å². The summed E-state index contributed by atoms with van der Waals surface area (Å²) in [7, 11) is 0. The topological polar surface area (TPSA) is 29.5 Å². The third-order valence-electron chi connectivity index (χ3n) is 2.78. The molecular formula is C13H16BrNO2. The van der Waals surface area contributed by atoms with E-state index in [2.05, 4.69) is 15.9 Å². The first-order valence-corrected chi connectivity index (χ1v) is 6.56. The van der Waals surface area contributed by atoms with Crippen LogP contribution in [0.2, 0.25) is 0 Å². The zero-order chi connectivity index (χ0) is 12.4. The third kappa shape index (κ3) is 3.07. The van der Waals surface area contributed by atoms with Crippen LogP contribution < -0.4 is 0 Å². The summed E-state index contributed by atoms with van der Waals surface area (Å²) in [5, 5.41) is 0. The van der Waals surface area contributed by atoms with Crippen molar-refractivity contribution in [3.63, 3.8) is 0 Å². The molecule has 1 saturated heterocycles. The van der Waals surface area contributed by atoms with Crippen LogP contribution in [0.1, 0.15) is 24.2 Å². The van der Waals surface area contributed by atoms with Crippen molar-refractivity contribution in [2.24, 2.45) is 0 Å². The molecule has 0 spiro atoms. The first kappa shape index (κ1) is 12.6. The van der Waals surface area contributed by atoms with Gasteiger partial charge >= 0.3 is 0 Å². The highest BCUT2D eigenvalue weighted by Gasteiger charge is 2.26. The zero-order valence-electron chi connectivity index (χ0n) is 10.0. The van der Waals surface area contributed by atoms with Gasteiger partial charge in [-0.3, -0.25) is 4.79 Å². The van der Waals surface area contributed by atoms with E-state index >= 15 is 0 Å². The van der Waals surface area contributed by atoms with E-state index in [1.807, 2.05) is 43.0 Å². The molecule has 92 valence electrons. The average Bonchev–Trinajstić information content (AvgIpc) is 2.26. The van der Waals surface area contributed by atoms with E-state index in [-0.39, 0.29) is 18.1 Å². The van der Waals surface area contributed by atoms with Gasteiger partial charge in [-0.15, -0.1) is 0 Å². The van der Waals surface area contributed by atoms with Gasteiger partial charge in [0.25, 0.3) is 5.91 Å². The minimum atomic E-state index is 0.0771. The molecule has 1 heterocycles. The van der Waals surface area contributed by atoms with Gasteiger partial charge in [0, 0.05) is 23.1 Å². The van der Waals surface area contributed by atoms with E-state index in [0.29, 0.717) is 13.1 Å². The summed E-state index contributed by atoms with van der Waals surface area (Å²) >= 11 is 3.38. The van der Waals surface area contributed by atoms with Gasteiger partial charge < -0.3 is 9.64 Å². The van der Waals surface area contributed by atoms with Gasteiger partial charge in [0.05, 0.1) is 12.2 Å². The van der Waals surface area contributed by atoms with Crippen LogP contribution in [-0.2, 0) is 4.74 Å². The summed E-state index contributed by atoms with van der Waals surface area (Å²) in [6, 6.07) is 7.50. The van der Waals surface area contributed by atoms with Gasteiger partial charge in [0.15, 0.2) is 0 Å². The molecule has 0 N–H and O–H groups in total. The fourth-order valence-electron chi connectivity index (χ4n) is 2.15. The number of hydrogen-bond acceptors (Lipinski definition) is 2. The minimum Gasteiger partial charge on any atom is -0.372 e. The highest BCUT2D eigenvalue weighted by atomic mass is 79.9. The Balaban J connectivity index is 2.14. The minimum absolute atomic E-state index is 0.0771. The summed E-state index contributed by atoms with van der Waals surface area (Å²) in [6.07, 6.45) is 0.213. The molecular weight excluding hydrogens is 282 g/mol. The van der Waals surface area contributed by atoms with Crippen LogP contribution in [0.15, 0.2) is 28.7 Å². The van der Waals surface area contributed by atoms with Crippen molar-refractivity contribution >= 4 is 21.8 Å². The number of carbonyl (C=O) groups is 1. The van der Waals surface area contributed by atoms with Gasteiger partial charge in [-0.1, -0.05) is 22.0 Å². The molecule has 3 nitrogen and oxygen atoms in total. The number of morpholine rings is 1. The van der Waals surface area contributed by atoms with Crippen molar-refractivity contribution in [1.29, 1.82) is 0 Å². The molecule has 1 aromatic carbocycles. The molecule has 0 unspecified atom stereocenters. The van der Waals surface area contributed by atoms with Crippen molar-refractivity contribution in [1.82, 2.24) is 4.90 Å². The lowest BCUT2D eigenvalue weighted by molar-refractivity contribution is -0.0586. The number of amides is 1. The first-order valence-electron chi connectivity index (χ1n) is 5.76. The maximum absolute atomic E-state index is 12.3. The Morgan fingerprint density at radius 3 is 2.59 bits per heavy atom. The van der Waals surface area contributed by atoms with Crippen LogP contribution in [0.4, 0.5) is 0 Å². The lowest BCUT2D eigenvalue weighted by Gasteiger charge is -2.35. The number of hydrogen-bond donors (Lipinski definition) is 0. The molecule has 1 aliphatic rings. The monoisotopic (exact) mass is 297 g/mol. The maximum Gasteiger partial charge on any atom is 0.254 e. The van der Waals surface area contributed by atoms with Gasteiger partial charge in [0.1, 0.15) is 0 Å². The molecule has 0 radical (unpaired) electrons. The lowest BCUT2D eigenvalue weighted by Crippen LogP contribution is -2.48. The van der Waals surface area contributed by atoms with Crippen molar-refractivity contribution in [2.45, 2.75) is 26.1 Å². The van der Waals surface area contributed by atoms with Crippen LogP contribution in [-0.4, -0.2) is 36.1 Å². The molecule has 0 bridgehead atoms. The number of benzene rings is 1. The van der Waals surface area contributed by atoms with Gasteiger partial charge in [-0.05, 0) is 32.0 Å². The summed E-state index contributed by atoms with van der Waals surface area (Å²) in [5.41, 5.74) is 0.723. The number of ether oxygens (including phenoxy) is 1. The van der Waals surface area contributed by atoms with E-state index in [9.17, 15) is 4.79 Å². The maximum atomic E-state index is 12.3. The van der Waals surface area contributed by atoms with Crippen LogP contribution in [0.3, 0.4) is 0 Å². The smallest absolute Gasteiger partial charge is 0.254 e. The predicted octanol–water partition coefficient (Wildman–Crippen LogP) is 2.70. The molecule has 0 saturated carbocycles. The van der Waals surface area contributed by atoms with Crippen molar-refractivity contribution in [2.75, 3.05) is 13.1 Å². The predicted molar refractivity (Wildman–Crippen MR) is 70.1 cm³/mol. The molecule has 1 aliphatic heterocycles. The quantitative estimate of drug-likeness (QED) is 0.798. The number of nitrogens with zero attached hydrogens (tertiary/aromatic N) is 1. The van der Waals surface area contributed by atoms with Crippen LogP contribution >= 0.6 is 15.9 Å². The molecule has 2 rings (SSSR count). The molecule has 1 aromatic rings. The van der Waals surface area contributed by atoms with Crippen LogP contribution in [0, 0.1) is 0 Å². The van der Waals surface area contributed by atoms with Crippen LogP contribution in [0.5, 0.6) is 0 Å². The van der Waals surface area contributed by atoms with Crippen molar-refractivity contribution in [3.05, 3.63) is 34.3 Å². The highest BCUT2D eigenvalue weighted by molar-refractivity contribution is 9.10. The van der Waals surface area contributed by atoms with Crippen molar-refractivity contribution < 1.29 is 9.53 Å². The first-order chi connectivity index (χ1) is 8.06. The van der Waals surface area contributed by atoms with Gasteiger partial charge in [-0.25, -0.2) is 0 Å². The molecule has 2 atom stereocenters. The number of carbonyl (C=O) groups excluding carboxylic acids is 1. The van der Waals surface area contributed by atoms with Crippen LogP contribution in [0.25, 0.3) is 0 Å². The Bertz CT molecular complexity index is 412. The largest absolute Gasteiger partial charge is 0.372 e. The second-order valence-electron chi connectivity index (χ2n) is 4.48. The van der Waals surface area contributed by atoms with E-state index in [1.165, 1.54) is 0 Å². The average molecular weight is 298 g/mol. The van der Waals surface area contributed by atoms with Gasteiger partial charge in [-0.2, -0.15) is 0 Å². The molecule has 4 heteroatoms. The zero-order valence-corrected chi connectivity index (χ0v) is 11.6. The molecule has 1 amide bonds. The normalized spacial score (nSPS) is 24.8. The summed E-state index contributed by atoms with van der Waals surface area (Å²) < 4.78 is 6.55. The Morgan fingerprint density at radius 2 is 2.00 bits per heavy atom. The van der Waals surface area contributed by atoms with E-state index in [4.69, 9.17) is 4.74 Å². The number of rotatable bonds is 1. The molecule has 1 fully saturated rings. The van der Waals surface area contributed by atoms with E-state index in [0.717, 1.165) is 10.0 Å². The third-order valence-corrected chi connectivity index (χ3v) is 3.27. The Kier molecular flexibility index (Phi) is 3.84. The second-order valence-corrected chi connectivity index (χ2v) is 5.39. The summed E-state index contributed by atoms with van der Waals surface area (Å²) in [4.78, 5) is 14.2. The Hall–Kier alpha value is -0.870. The lowest BCUT2D eigenvalue weighted by atomic mass is 10.1. The molecule has 17 heavy (non-hydrogen) atoms. The second kappa shape index (κ2) is 5.19. The van der Waals surface area contributed by atoms with Gasteiger partial charge in [0.2, 0.25) is 0 Å². The Morgan fingerprint density at radius 1 is 1.35 bits per heavy atom. The van der Waals surface area contributed by atoms with E-state index in [1.54, 1.807) is 0 Å². The molecule has 0 aromatic heterocycles. The SMILES string of the molecule is C[C@@H]1CN(C(=O)c2cccc(Br)c2)C[C@H](C)O1. The fourth-order valence-corrected chi connectivity index (χ4v) is 2.55. The number of halogens is 1. The van der Waals surface area contributed by atoms with E-state index < -0.39 is 0 Å². The molecule has 0 aliphatic carbocycles. The highest BCUT2D eigenvalue weighted by Crippen LogP contribution is 2.17. The standard InChI is InChI=1S/C13H16BrNO2/c1-9-7-15(8-10(2)17-9)13(16)11-4-3-5-12(14)6-11/h3-6,9-10H,7-8H2,1-2H3/t9-,10+. The summed E-state index contributed by atoms with van der Waals surface area (Å²) in [6.45, 7) is 5.32.